The van der Waals surface area contributed by atoms with Crippen LogP contribution in [0.15, 0.2) is 24.3 Å². The second kappa shape index (κ2) is 4.98. The Kier molecular flexibility index (Phi) is 3.87. The van der Waals surface area contributed by atoms with E-state index in [-0.39, 0.29) is 5.91 Å². The molecule has 0 aliphatic rings. The zero-order chi connectivity index (χ0) is 13.1. The second-order valence-electron chi connectivity index (χ2n) is 4.53. The fourth-order valence-electron chi connectivity index (χ4n) is 1.55. The highest BCUT2D eigenvalue weighted by Gasteiger charge is 2.27. The lowest BCUT2D eigenvalue weighted by Crippen LogP contribution is -2.42. The number of carbonyl (C=O) groups excluding carboxylic acids is 1. The van der Waals surface area contributed by atoms with Crippen molar-refractivity contribution in [3.8, 4) is 6.07 Å². The molecule has 1 N–H and O–H groups in total. The van der Waals surface area contributed by atoms with E-state index in [0.29, 0.717) is 12.1 Å². The van der Waals surface area contributed by atoms with Gasteiger partial charge in [0.1, 0.15) is 5.60 Å². The van der Waals surface area contributed by atoms with Gasteiger partial charge in [-0.15, -0.1) is 0 Å². The third-order valence-corrected chi connectivity index (χ3v) is 2.35. The fraction of sp³-hybridized carbons (Fsp3) is 0.385. The molecule has 0 aromatic heterocycles. The van der Waals surface area contributed by atoms with Gasteiger partial charge in [-0.25, -0.2) is 0 Å². The highest BCUT2D eigenvalue weighted by molar-refractivity contribution is 5.83. The number of aliphatic hydroxyl groups is 1. The fourth-order valence-corrected chi connectivity index (χ4v) is 1.55. The molecule has 1 amide bonds. The van der Waals surface area contributed by atoms with Crippen molar-refractivity contribution in [1.29, 1.82) is 5.26 Å². The van der Waals surface area contributed by atoms with Gasteiger partial charge in [-0.3, -0.25) is 4.79 Å². The molecule has 0 aliphatic carbocycles. The molecular weight excluding hydrogens is 216 g/mol. The molecular formula is C13H16N2O2. The third kappa shape index (κ3) is 3.58. The van der Waals surface area contributed by atoms with Gasteiger partial charge in [0.15, 0.2) is 0 Å². The van der Waals surface area contributed by atoms with E-state index in [1.165, 1.54) is 18.7 Å². The van der Waals surface area contributed by atoms with Crippen LogP contribution in [0.1, 0.15) is 25.0 Å². The standard InChI is InChI=1S/C13H16N2O2/c1-13(2,17)12(16)15(3)9-11-6-4-5-10(7-11)8-14/h4-7,17H,9H2,1-3H3. The first-order valence-electron chi connectivity index (χ1n) is 5.31. The van der Waals surface area contributed by atoms with Gasteiger partial charge in [0.05, 0.1) is 11.6 Å². The van der Waals surface area contributed by atoms with Gasteiger partial charge < -0.3 is 10.0 Å². The van der Waals surface area contributed by atoms with Crippen molar-refractivity contribution in [2.45, 2.75) is 26.0 Å². The van der Waals surface area contributed by atoms with Crippen LogP contribution in [0.4, 0.5) is 0 Å². The van der Waals surface area contributed by atoms with E-state index >= 15 is 0 Å². The van der Waals surface area contributed by atoms with Gasteiger partial charge in [0, 0.05) is 13.6 Å². The SMILES string of the molecule is CN(Cc1cccc(C#N)c1)C(=O)C(C)(C)O. The summed E-state index contributed by atoms with van der Waals surface area (Å²) in [5.41, 5.74) is 0.0532. The number of nitrogens with zero attached hydrogens (tertiary/aromatic N) is 2. The predicted molar refractivity (Wildman–Crippen MR) is 63.9 cm³/mol. The van der Waals surface area contributed by atoms with Gasteiger partial charge in [-0.05, 0) is 31.5 Å². The molecule has 0 fully saturated rings. The number of hydrogen-bond acceptors (Lipinski definition) is 3. The normalized spacial score (nSPS) is 10.8. The second-order valence-corrected chi connectivity index (χ2v) is 4.53. The summed E-state index contributed by atoms with van der Waals surface area (Å²) in [7, 11) is 1.62. The van der Waals surface area contributed by atoms with Gasteiger partial charge in [0.2, 0.25) is 0 Å². The number of likely N-dealkylation sites (N-methyl/N-ethyl adjacent to an activating group) is 1. The lowest BCUT2D eigenvalue weighted by Gasteiger charge is -2.25. The molecule has 0 radical (unpaired) electrons. The lowest BCUT2D eigenvalue weighted by atomic mass is 10.1. The van der Waals surface area contributed by atoms with Crippen molar-refractivity contribution >= 4 is 5.91 Å². The Morgan fingerprint density at radius 2 is 2.18 bits per heavy atom. The van der Waals surface area contributed by atoms with Gasteiger partial charge in [-0.1, -0.05) is 12.1 Å². The summed E-state index contributed by atoms with van der Waals surface area (Å²) in [4.78, 5) is 13.2. The van der Waals surface area contributed by atoms with Crippen LogP contribution in [0.3, 0.4) is 0 Å². The Labute approximate surface area is 101 Å². The van der Waals surface area contributed by atoms with Gasteiger partial charge >= 0.3 is 0 Å². The van der Waals surface area contributed by atoms with Crippen LogP contribution in [0.25, 0.3) is 0 Å². The summed E-state index contributed by atoms with van der Waals surface area (Å²) in [6.45, 7) is 3.29. The van der Waals surface area contributed by atoms with E-state index in [2.05, 4.69) is 0 Å². The molecule has 0 heterocycles. The minimum atomic E-state index is -1.37. The number of amides is 1. The third-order valence-electron chi connectivity index (χ3n) is 2.35. The molecule has 0 saturated carbocycles. The minimum absolute atomic E-state index is 0.347. The maximum Gasteiger partial charge on any atom is 0.253 e. The van der Waals surface area contributed by atoms with Crippen LogP contribution in [0.2, 0.25) is 0 Å². The molecule has 0 aliphatic heterocycles. The van der Waals surface area contributed by atoms with Crippen molar-refractivity contribution in [3.63, 3.8) is 0 Å². The predicted octanol–water partition coefficient (Wildman–Crippen LogP) is 1.29. The van der Waals surface area contributed by atoms with E-state index in [9.17, 15) is 9.90 Å². The smallest absolute Gasteiger partial charge is 0.253 e. The molecule has 17 heavy (non-hydrogen) atoms. The van der Waals surface area contributed by atoms with Gasteiger partial charge in [-0.2, -0.15) is 5.26 Å². The number of hydrogen-bond donors (Lipinski definition) is 1. The molecule has 4 heteroatoms. The van der Waals surface area contributed by atoms with Crippen molar-refractivity contribution < 1.29 is 9.90 Å². The van der Waals surface area contributed by atoms with Crippen LogP contribution in [0.5, 0.6) is 0 Å². The lowest BCUT2D eigenvalue weighted by molar-refractivity contribution is -0.146. The summed E-state index contributed by atoms with van der Waals surface area (Å²) < 4.78 is 0. The Hall–Kier alpha value is -1.86. The zero-order valence-electron chi connectivity index (χ0n) is 10.3. The molecule has 0 unspecified atom stereocenters. The van der Waals surface area contributed by atoms with Crippen molar-refractivity contribution in [1.82, 2.24) is 4.90 Å². The average molecular weight is 232 g/mol. The molecule has 0 spiro atoms. The zero-order valence-corrected chi connectivity index (χ0v) is 10.3. The summed E-state index contributed by atoms with van der Waals surface area (Å²) in [5, 5.41) is 18.4. The largest absolute Gasteiger partial charge is 0.381 e. The van der Waals surface area contributed by atoms with E-state index in [1.807, 2.05) is 12.1 Å². The summed E-state index contributed by atoms with van der Waals surface area (Å²) in [6, 6.07) is 9.10. The molecule has 0 saturated heterocycles. The molecule has 1 aromatic carbocycles. The maximum absolute atomic E-state index is 11.7. The summed E-state index contributed by atoms with van der Waals surface area (Å²) in [5.74, 6) is -0.347. The Morgan fingerprint density at radius 3 is 2.71 bits per heavy atom. The highest BCUT2D eigenvalue weighted by Crippen LogP contribution is 2.11. The molecule has 1 aromatic rings. The van der Waals surface area contributed by atoms with Crippen LogP contribution >= 0.6 is 0 Å². The van der Waals surface area contributed by atoms with Crippen molar-refractivity contribution in [2.75, 3.05) is 7.05 Å². The monoisotopic (exact) mass is 232 g/mol. The van der Waals surface area contributed by atoms with Crippen molar-refractivity contribution in [3.05, 3.63) is 35.4 Å². The highest BCUT2D eigenvalue weighted by atomic mass is 16.3. The first-order valence-corrected chi connectivity index (χ1v) is 5.31. The summed E-state index contributed by atoms with van der Waals surface area (Å²) >= 11 is 0. The summed E-state index contributed by atoms with van der Waals surface area (Å²) in [6.07, 6.45) is 0. The molecule has 90 valence electrons. The maximum atomic E-state index is 11.7. The van der Waals surface area contributed by atoms with E-state index in [1.54, 1.807) is 25.2 Å². The Bertz CT molecular complexity index is 455. The molecule has 4 nitrogen and oxygen atoms in total. The number of nitriles is 1. The topological polar surface area (TPSA) is 64.3 Å². The van der Waals surface area contributed by atoms with Gasteiger partial charge in [0.25, 0.3) is 5.91 Å². The molecule has 0 atom stereocenters. The Balaban J connectivity index is 2.78. The number of carbonyl (C=O) groups is 1. The first-order chi connectivity index (χ1) is 7.84. The molecule has 1 rings (SSSR count). The van der Waals surface area contributed by atoms with E-state index in [4.69, 9.17) is 5.26 Å². The number of rotatable bonds is 3. The van der Waals surface area contributed by atoms with E-state index in [0.717, 1.165) is 5.56 Å². The van der Waals surface area contributed by atoms with Crippen LogP contribution in [-0.4, -0.2) is 28.6 Å². The van der Waals surface area contributed by atoms with Crippen LogP contribution in [-0.2, 0) is 11.3 Å². The first kappa shape index (κ1) is 13.2. The quantitative estimate of drug-likeness (QED) is 0.854. The number of benzene rings is 1. The van der Waals surface area contributed by atoms with E-state index < -0.39 is 5.60 Å². The Morgan fingerprint density at radius 1 is 1.53 bits per heavy atom. The average Bonchev–Trinajstić information content (AvgIpc) is 2.27. The van der Waals surface area contributed by atoms with Crippen LogP contribution < -0.4 is 0 Å². The minimum Gasteiger partial charge on any atom is -0.381 e. The molecule has 0 bridgehead atoms. The van der Waals surface area contributed by atoms with Crippen LogP contribution in [0, 0.1) is 11.3 Å². The van der Waals surface area contributed by atoms with Crippen molar-refractivity contribution in [2.24, 2.45) is 0 Å².